The van der Waals surface area contributed by atoms with Crippen molar-refractivity contribution in [3.05, 3.63) is 34.9 Å². The van der Waals surface area contributed by atoms with Crippen LogP contribution in [0.15, 0.2) is 18.2 Å². The quantitative estimate of drug-likeness (QED) is 0.760. The number of carbonyl (C=O) groups excluding carboxylic acids is 2. The van der Waals surface area contributed by atoms with Gasteiger partial charge < -0.3 is 10.4 Å². The van der Waals surface area contributed by atoms with Crippen molar-refractivity contribution in [2.75, 3.05) is 13.2 Å². The standard InChI is InChI=1S/C13H15NO3/c15-7-1-6-14-13(17)10-3-2-9-4-5-12(16)11(9)8-10/h2-3,8,15H,1,4-7H2,(H,14,17). The highest BCUT2D eigenvalue weighted by Crippen LogP contribution is 2.22. The molecule has 1 aliphatic rings. The zero-order chi connectivity index (χ0) is 12.3. The van der Waals surface area contributed by atoms with E-state index in [1.165, 1.54) is 0 Å². The molecule has 0 fully saturated rings. The average molecular weight is 233 g/mol. The minimum Gasteiger partial charge on any atom is -0.396 e. The van der Waals surface area contributed by atoms with Crippen molar-refractivity contribution in [2.45, 2.75) is 19.3 Å². The molecular formula is C13H15NO3. The van der Waals surface area contributed by atoms with Gasteiger partial charge in [0.05, 0.1) is 0 Å². The summed E-state index contributed by atoms with van der Waals surface area (Å²) in [5.41, 5.74) is 2.22. The normalized spacial score (nSPS) is 13.6. The minimum atomic E-state index is -0.194. The summed E-state index contributed by atoms with van der Waals surface area (Å²) in [6.07, 6.45) is 1.86. The lowest BCUT2D eigenvalue weighted by Gasteiger charge is -2.05. The molecule has 0 saturated heterocycles. The number of fused-ring (bicyclic) bond motifs is 1. The van der Waals surface area contributed by atoms with E-state index in [1.807, 2.05) is 6.07 Å². The average Bonchev–Trinajstić information content (AvgIpc) is 2.71. The number of ketones is 1. The monoisotopic (exact) mass is 233 g/mol. The molecule has 0 spiro atoms. The molecule has 0 aromatic heterocycles. The summed E-state index contributed by atoms with van der Waals surface area (Å²) in [7, 11) is 0. The fourth-order valence-electron chi connectivity index (χ4n) is 1.96. The van der Waals surface area contributed by atoms with Crippen LogP contribution >= 0.6 is 0 Å². The lowest BCUT2D eigenvalue weighted by molar-refractivity contribution is 0.0951. The molecule has 1 aromatic carbocycles. The Bertz CT molecular complexity index is 454. The van der Waals surface area contributed by atoms with Crippen LogP contribution in [0.5, 0.6) is 0 Å². The Morgan fingerprint density at radius 2 is 2.18 bits per heavy atom. The number of hydrogen-bond acceptors (Lipinski definition) is 3. The van der Waals surface area contributed by atoms with Crippen molar-refractivity contribution in [2.24, 2.45) is 0 Å². The third kappa shape index (κ3) is 2.53. The lowest BCUT2D eigenvalue weighted by Crippen LogP contribution is -2.25. The van der Waals surface area contributed by atoms with Crippen LogP contribution < -0.4 is 5.32 Å². The number of hydrogen-bond donors (Lipinski definition) is 2. The van der Waals surface area contributed by atoms with Crippen molar-refractivity contribution in [3.8, 4) is 0 Å². The number of amides is 1. The molecule has 0 saturated carbocycles. The van der Waals surface area contributed by atoms with E-state index in [0.717, 1.165) is 12.0 Å². The molecule has 0 unspecified atom stereocenters. The second kappa shape index (κ2) is 5.10. The fourth-order valence-corrected chi connectivity index (χ4v) is 1.96. The molecule has 4 heteroatoms. The molecule has 17 heavy (non-hydrogen) atoms. The van der Waals surface area contributed by atoms with Gasteiger partial charge in [-0.1, -0.05) is 6.07 Å². The van der Waals surface area contributed by atoms with Crippen LogP contribution in [-0.2, 0) is 6.42 Å². The van der Waals surface area contributed by atoms with Crippen LogP contribution in [0.3, 0.4) is 0 Å². The highest BCUT2D eigenvalue weighted by atomic mass is 16.3. The Balaban J connectivity index is 2.09. The number of nitrogens with one attached hydrogen (secondary N) is 1. The van der Waals surface area contributed by atoms with E-state index >= 15 is 0 Å². The zero-order valence-corrected chi connectivity index (χ0v) is 9.53. The molecular weight excluding hydrogens is 218 g/mol. The number of Topliss-reactive ketones (excluding diaryl/α,β-unsaturated/α-hetero) is 1. The number of rotatable bonds is 4. The molecule has 1 aromatic rings. The summed E-state index contributed by atoms with van der Waals surface area (Å²) in [5.74, 6) is -0.0778. The Morgan fingerprint density at radius 3 is 2.94 bits per heavy atom. The fraction of sp³-hybridized carbons (Fsp3) is 0.385. The molecule has 0 heterocycles. The zero-order valence-electron chi connectivity index (χ0n) is 9.53. The van der Waals surface area contributed by atoms with Crippen LogP contribution in [-0.4, -0.2) is 29.9 Å². The Labute approximate surface area is 99.6 Å². The molecule has 0 aliphatic heterocycles. The number of aryl methyl sites for hydroxylation is 1. The van der Waals surface area contributed by atoms with Gasteiger partial charge in [0.15, 0.2) is 5.78 Å². The van der Waals surface area contributed by atoms with E-state index in [0.29, 0.717) is 30.5 Å². The number of benzene rings is 1. The van der Waals surface area contributed by atoms with Gasteiger partial charge in [0.25, 0.3) is 5.91 Å². The third-order valence-corrected chi connectivity index (χ3v) is 2.91. The first-order valence-corrected chi connectivity index (χ1v) is 5.77. The van der Waals surface area contributed by atoms with Crippen LogP contribution in [0.2, 0.25) is 0 Å². The molecule has 2 N–H and O–H groups in total. The Morgan fingerprint density at radius 1 is 1.35 bits per heavy atom. The van der Waals surface area contributed by atoms with Crippen LogP contribution in [0, 0.1) is 0 Å². The van der Waals surface area contributed by atoms with E-state index in [9.17, 15) is 9.59 Å². The van der Waals surface area contributed by atoms with E-state index < -0.39 is 0 Å². The maximum atomic E-state index is 11.7. The van der Waals surface area contributed by atoms with Gasteiger partial charge >= 0.3 is 0 Å². The van der Waals surface area contributed by atoms with Gasteiger partial charge in [-0.2, -0.15) is 0 Å². The number of aliphatic hydroxyl groups excluding tert-OH is 1. The van der Waals surface area contributed by atoms with E-state index in [1.54, 1.807) is 12.1 Å². The second-order valence-corrected chi connectivity index (χ2v) is 4.13. The molecule has 0 bridgehead atoms. The first-order chi connectivity index (χ1) is 8.22. The van der Waals surface area contributed by atoms with E-state index in [2.05, 4.69) is 5.32 Å². The first kappa shape index (κ1) is 11.8. The van der Waals surface area contributed by atoms with Crippen molar-refractivity contribution >= 4 is 11.7 Å². The van der Waals surface area contributed by atoms with Gasteiger partial charge in [0.2, 0.25) is 0 Å². The minimum absolute atomic E-state index is 0.0585. The smallest absolute Gasteiger partial charge is 0.251 e. The van der Waals surface area contributed by atoms with Gasteiger partial charge in [-0.15, -0.1) is 0 Å². The van der Waals surface area contributed by atoms with E-state index in [4.69, 9.17) is 5.11 Å². The predicted octanol–water partition coefficient (Wildman–Crippen LogP) is 0.928. The van der Waals surface area contributed by atoms with Crippen LogP contribution in [0.4, 0.5) is 0 Å². The topological polar surface area (TPSA) is 66.4 Å². The molecule has 0 atom stereocenters. The number of carbonyl (C=O) groups is 2. The summed E-state index contributed by atoms with van der Waals surface area (Å²) in [6, 6.07) is 5.26. The first-order valence-electron chi connectivity index (χ1n) is 5.77. The van der Waals surface area contributed by atoms with E-state index in [-0.39, 0.29) is 18.3 Å². The maximum absolute atomic E-state index is 11.7. The van der Waals surface area contributed by atoms with Gasteiger partial charge in [-0.25, -0.2) is 0 Å². The summed E-state index contributed by atoms with van der Waals surface area (Å²) >= 11 is 0. The lowest BCUT2D eigenvalue weighted by atomic mass is 10.1. The summed E-state index contributed by atoms with van der Waals surface area (Å²) in [4.78, 5) is 23.3. The van der Waals surface area contributed by atoms with Crippen molar-refractivity contribution in [1.29, 1.82) is 0 Å². The molecule has 1 aliphatic carbocycles. The highest BCUT2D eigenvalue weighted by molar-refractivity contribution is 6.03. The van der Waals surface area contributed by atoms with Crippen molar-refractivity contribution < 1.29 is 14.7 Å². The summed E-state index contributed by atoms with van der Waals surface area (Å²) in [5, 5.41) is 11.3. The highest BCUT2D eigenvalue weighted by Gasteiger charge is 2.20. The SMILES string of the molecule is O=C(NCCCO)c1ccc2c(c1)C(=O)CC2. The van der Waals surface area contributed by atoms with Gasteiger partial charge in [-0.3, -0.25) is 9.59 Å². The van der Waals surface area contributed by atoms with Crippen molar-refractivity contribution in [1.82, 2.24) is 5.32 Å². The number of aliphatic hydroxyl groups is 1. The van der Waals surface area contributed by atoms with Crippen LogP contribution in [0.25, 0.3) is 0 Å². The summed E-state index contributed by atoms with van der Waals surface area (Å²) in [6.45, 7) is 0.503. The third-order valence-electron chi connectivity index (χ3n) is 2.91. The van der Waals surface area contributed by atoms with Crippen molar-refractivity contribution in [3.63, 3.8) is 0 Å². The summed E-state index contributed by atoms with van der Waals surface area (Å²) < 4.78 is 0. The Hall–Kier alpha value is -1.68. The predicted molar refractivity (Wildman–Crippen MR) is 63.1 cm³/mol. The van der Waals surface area contributed by atoms with Gasteiger partial charge in [0.1, 0.15) is 0 Å². The van der Waals surface area contributed by atoms with Crippen LogP contribution in [0.1, 0.15) is 39.1 Å². The Kier molecular flexibility index (Phi) is 3.54. The molecule has 0 radical (unpaired) electrons. The molecule has 2 rings (SSSR count). The van der Waals surface area contributed by atoms with Gasteiger partial charge in [0, 0.05) is 30.7 Å². The largest absolute Gasteiger partial charge is 0.396 e. The molecule has 1 amide bonds. The van der Waals surface area contributed by atoms with Gasteiger partial charge in [-0.05, 0) is 30.5 Å². The second-order valence-electron chi connectivity index (χ2n) is 4.13. The maximum Gasteiger partial charge on any atom is 0.251 e. The molecule has 90 valence electrons. The molecule has 4 nitrogen and oxygen atoms in total.